The summed E-state index contributed by atoms with van der Waals surface area (Å²) >= 11 is 0. The van der Waals surface area contributed by atoms with Gasteiger partial charge >= 0.3 is 5.97 Å². The van der Waals surface area contributed by atoms with Crippen molar-refractivity contribution in [1.29, 1.82) is 0 Å². The number of carbonyl (C=O) groups is 3. The van der Waals surface area contributed by atoms with Crippen LogP contribution in [0.15, 0.2) is 24.3 Å². The molecular weight excluding hydrogens is 336 g/mol. The summed E-state index contributed by atoms with van der Waals surface area (Å²) in [6.07, 6.45) is 2.02. The standard InChI is InChI=1S/C19H26N2O5/c1-2-26-13-3-4-17(22)20-16-7-5-14(6-8-16)18(23)21-11-9-15(10-12-21)19(24)25/h5-8,15H,2-4,9-13H2,1H3,(H,20,22)(H,24,25). The molecule has 1 aromatic rings. The number of carboxylic acid groups (broad SMARTS) is 1. The molecule has 2 rings (SSSR count). The fourth-order valence-corrected chi connectivity index (χ4v) is 2.91. The summed E-state index contributed by atoms with van der Waals surface area (Å²) in [6, 6.07) is 6.78. The van der Waals surface area contributed by atoms with Crippen molar-refractivity contribution < 1.29 is 24.2 Å². The normalized spacial score (nSPS) is 14.9. The number of benzene rings is 1. The predicted octanol–water partition coefficient (Wildman–Crippen LogP) is 2.38. The van der Waals surface area contributed by atoms with Crippen LogP contribution in [0, 0.1) is 5.92 Å². The van der Waals surface area contributed by atoms with Gasteiger partial charge in [0.15, 0.2) is 0 Å². The van der Waals surface area contributed by atoms with E-state index in [2.05, 4.69) is 5.32 Å². The molecule has 0 spiro atoms. The third kappa shape index (κ3) is 5.84. The highest BCUT2D eigenvalue weighted by molar-refractivity contribution is 5.96. The molecule has 1 fully saturated rings. The molecule has 1 aliphatic rings. The molecule has 0 aromatic heterocycles. The summed E-state index contributed by atoms with van der Waals surface area (Å²) < 4.78 is 5.20. The topological polar surface area (TPSA) is 95.9 Å². The molecule has 0 radical (unpaired) electrons. The second-order valence-electron chi connectivity index (χ2n) is 6.33. The van der Waals surface area contributed by atoms with Crippen LogP contribution < -0.4 is 5.32 Å². The minimum absolute atomic E-state index is 0.0838. The molecule has 2 N–H and O–H groups in total. The third-order valence-corrected chi connectivity index (χ3v) is 4.44. The van der Waals surface area contributed by atoms with E-state index in [-0.39, 0.29) is 17.7 Å². The Balaban J connectivity index is 1.82. The van der Waals surface area contributed by atoms with Crippen molar-refractivity contribution in [2.45, 2.75) is 32.6 Å². The van der Waals surface area contributed by atoms with Gasteiger partial charge in [0, 0.05) is 44.0 Å². The molecule has 0 atom stereocenters. The van der Waals surface area contributed by atoms with Gasteiger partial charge in [-0.25, -0.2) is 0 Å². The summed E-state index contributed by atoms with van der Waals surface area (Å²) in [5.41, 5.74) is 1.18. The maximum atomic E-state index is 12.5. The third-order valence-electron chi connectivity index (χ3n) is 4.44. The molecule has 142 valence electrons. The Bertz CT molecular complexity index is 621. The van der Waals surface area contributed by atoms with Gasteiger partial charge in [-0.05, 0) is 50.5 Å². The van der Waals surface area contributed by atoms with Gasteiger partial charge in [-0.2, -0.15) is 0 Å². The molecule has 2 amide bonds. The number of amides is 2. The number of ether oxygens (including phenoxy) is 1. The second kappa shape index (κ2) is 9.91. The lowest BCUT2D eigenvalue weighted by Gasteiger charge is -2.30. The van der Waals surface area contributed by atoms with Crippen molar-refractivity contribution in [3.8, 4) is 0 Å². The zero-order valence-corrected chi connectivity index (χ0v) is 15.1. The van der Waals surface area contributed by atoms with Crippen LogP contribution in [0.2, 0.25) is 0 Å². The van der Waals surface area contributed by atoms with Crippen molar-refractivity contribution >= 4 is 23.5 Å². The van der Waals surface area contributed by atoms with Crippen molar-refractivity contribution in [1.82, 2.24) is 4.90 Å². The number of hydrogen-bond donors (Lipinski definition) is 2. The van der Waals surface area contributed by atoms with E-state index in [9.17, 15) is 14.4 Å². The number of carboxylic acids is 1. The average molecular weight is 362 g/mol. The van der Waals surface area contributed by atoms with E-state index in [0.29, 0.717) is 63.2 Å². The van der Waals surface area contributed by atoms with Gasteiger partial charge in [0.05, 0.1) is 5.92 Å². The average Bonchev–Trinajstić information content (AvgIpc) is 2.65. The Morgan fingerprint density at radius 1 is 1.19 bits per heavy atom. The van der Waals surface area contributed by atoms with Crippen LogP contribution in [0.5, 0.6) is 0 Å². The number of carbonyl (C=O) groups excluding carboxylic acids is 2. The largest absolute Gasteiger partial charge is 0.481 e. The minimum atomic E-state index is -0.793. The number of nitrogens with zero attached hydrogens (tertiary/aromatic N) is 1. The van der Waals surface area contributed by atoms with E-state index in [1.165, 1.54) is 0 Å². The molecule has 7 nitrogen and oxygen atoms in total. The van der Waals surface area contributed by atoms with Crippen LogP contribution in [0.1, 0.15) is 43.0 Å². The molecule has 0 unspecified atom stereocenters. The lowest BCUT2D eigenvalue weighted by molar-refractivity contribution is -0.143. The number of aliphatic carboxylic acids is 1. The maximum absolute atomic E-state index is 12.5. The molecular formula is C19H26N2O5. The highest BCUT2D eigenvalue weighted by Gasteiger charge is 2.27. The summed E-state index contributed by atoms with van der Waals surface area (Å²) in [4.78, 5) is 37.0. The number of anilines is 1. The first-order valence-corrected chi connectivity index (χ1v) is 9.01. The first-order valence-electron chi connectivity index (χ1n) is 9.01. The van der Waals surface area contributed by atoms with Gasteiger partial charge in [-0.1, -0.05) is 0 Å². The SMILES string of the molecule is CCOCCCC(=O)Nc1ccc(C(=O)N2CCC(C(=O)O)CC2)cc1. The fourth-order valence-electron chi connectivity index (χ4n) is 2.91. The Hall–Kier alpha value is -2.41. The highest BCUT2D eigenvalue weighted by atomic mass is 16.5. The van der Waals surface area contributed by atoms with Gasteiger partial charge in [0.2, 0.25) is 5.91 Å². The maximum Gasteiger partial charge on any atom is 0.306 e. The number of piperidine rings is 1. The first-order chi connectivity index (χ1) is 12.5. The van der Waals surface area contributed by atoms with Crippen LogP contribution in [-0.2, 0) is 14.3 Å². The number of hydrogen-bond acceptors (Lipinski definition) is 4. The lowest BCUT2D eigenvalue weighted by atomic mass is 9.96. The molecule has 1 saturated heterocycles. The zero-order chi connectivity index (χ0) is 18.9. The summed E-state index contributed by atoms with van der Waals surface area (Å²) in [5.74, 6) is -1.35. The first kappa shape index (κ1) is 19.9. The Labute approximate surface area is 153 Å². The number of likely N-dealkylation sites (tertiary alicyclic amines) is 1. The molecule has 1 aromatic carbocycles. The molecule has 0 saturated carbocycles. The Kier molecular flexibility index (Phi) is 7.59. The second-order valence-corrected chi connectivity index (χ2v) is 6.33. The monoisotopic (exact) mass is 362 g/mol. The summed E-state index contributed by atoms with van der Waals surface area (Å²) in [6.45, 7) is 4.03. The lowest BCUT2D eigenvalue weighted by Crippen LogP contribution is -2.40. The van der Waals surface area contributed by atoms with E-state index in [1.54, 1.807) is 29.2 Å². The zero-order valence-electron chi connectivity index (χ0n) is 15.1. The van der Waals surface area contributed by atoms with Crippen LogP contribution in [-0.4, -0.2) is 54.1 Å². The van der Waals surface area contributed by atoms with Crippen LogP contribution in [0.3, 0.4) is 0 Å². The fraction of sp³-hybridized carbons (Fsp3) is 0.526. The molecule has 0 bridgehead atoms. The van der Waals surface area contributed by atoms with Crippen LogP contribution in [0.25, 0.3) is 0 Å². The minimum Gasteiger partial charge on any atom is -0.481 e. The van der Waals surface area contributed by atoms with Crippen LogP contribution in [0.4, 0.5) is 5.69 Å². The van der Waals surface area contributed by atoms with Gasteiger partial charge in [-0.3, -0.25) is 14.4 Å². The van der Waals surface area contributed by atoms with Crippen molar-refractivity contribution in [3.63, 3.8) is 0 Å². The molecule has 0 aliphatic carbocycles. The van der Waals surface area contributed by atoms with E-state index in [4.69, 9.17) is 9.84 Å². The number of nitrogens with one attached hydrogen (secondary N) is 1. The van der Waals surface area contributed by atoms with Crippen molar-refractivity contribution in [2.75, 3.05) is 31.6 Å². The van der Waals surface area contributed by atoms with Gasteiger partial charge in [-0.15, -0.1) is 0 Å². The summed E-state index contributed by atoms with van der Waals surface area (Å²) in [5, 5.41) is 11.8. The molecule has 7 heteroatoms. The summed E-state index contributed by atoms with van der Waals surface area (Å²) in [7, 11) is 0. The van der Waals surface area contributed by atoms with Gasteiger partial charge in [0.25, 0.3) is 5.91 Å². The van der Waals surface area contributed by atoms with E-state index >= 15 is 0 Å². The number of rotatable bonds is 8. The highest BCUT2D eigenvalue weighted by Crippen LogP contribution is 2.20. The van der Waals surface area contributed by atoms with E-state index in [0.717, 1.165) is 0 Å². The molecule has 1 heterocycles. The van der Waals surface area contributed by atoms with Gasteiger partial charge < -0.3 is 20.1 Å². The Morgan fingerprint density at radius 3 is 2.42 bits per heavy atom. The molecule has 1 aliphatic heterocycles. The van der Waals surface area contributed by atoms with Crippen LogP contribution >= 0.6 is 0 Å². The predicted molar refractivity (Wildman–Crippen MR) is 97.1 cm³/mol. The smallest absolute Gasteiger partial charge is 0.306 e. The Morgan fingerprint density at radius 2 is 1.85 bits per heavy atom. The van der Waals surface area contributed by atoms with Gasteiger partial charge in [0.1, 0.15) is 0 Å². The molecule has 26 heavy (non-hydrogen) atoms. The van der Waals surface area contributed by atoms with E-state index < -0.39 is 5.97 Å². The van der Waals surface area contributed by atoms with Crippen molar-refractivity contribution in [2.24, 2.45) is 5.92 Å². The quantitative estimate of drug-likeness (QED) is 0.692. The van der Waals surface area contributed by atoms with Crippen molar-refractivity contribution in [3.05, 3.63) is 29.8 Å². The van der Waals surface area contributed by atoms with E-state index in [1.807, 2.05) is 6.92 Å².